The van der Waals surface area contributed by atoms with Crippen molar-refractivity contribution in [3.05, 3.63) is 59.0 Å². The van der Waals surface area contributed by atoms with Gasteiger partial charge in [-0.1, -0.05) is 23.7 Å². The van der Waals surface area contributed by atoms with E-state index in [4.69, 9.17) is 16.0 Å². The molecule has 1 aromatic heterocycles. The van der Waals surface area contributed by atoms with Crippen molar-refractivity contribution in [2.75, 3.05) is 32.7 Å². The highest BCUT2D eigenvalue weighted by Crippen LogP contribution is 2.13. The number of hydrogen-bond acceptors (Lipinski definition) is 3. The minimum absolute atomic E-state index is 0.231. The summed E-state index contributed by atoms with van der Waals surface area (Å²) in [6.45, 7) is 4.65. The van der Waals surface area contributed by atoms with Gasteiger partial charge in [-0.15, -0.1) is 0 Å². The quantitative estimate of drug-likeness (QED) is 0.756. The van der Waals surface area contributed by atoms with E-state index in [-0.39, 0.29) is 5.91 Å². The third kappa shape index (κ3) is 5.62. The van der Waals surface area contributed by atoms with Gasteiger partial charge in [-0.05, 0) is 49.2 Å². The first kappa shape index (κ1) is 18.0. The van der Waals surface area contributed by atoms with Crippen LogP contribution in [0.25, 0.3) is 0 Å². The number of carbonyl (C=O) groups excluding carboxylic acids is 1. The van der Waals surface area contributed by atoms with Gasteiger partial charge in [-0.25, -0.2) is 0 Å². The van der Waals surface area contributed by atoms with Crippen LogP contribution in [-0.2, 0) is 17.6 Å². The van der Waals surface area contributed by atoms with Gasteiger partial charge < -0.3 is 9.32 Å². The van der Waals surface area contributed by atoms with Crippen molar-refractivity contribution in [3.63, 3.8) is 0 Å². The number of rotatable bonds is 7. The predicted octanol–water partition coefficient (Wildman–Crippen LogP) is 3.64. The fraction of sp³-hybridized carbons (Fsp3) is 0.450. The van der Waals surface area contributed by atoms with Crippen molar-refractivity contribution in [3.8, 4) is 0 Å². The summed E-state index contributed by atoms with van der Waals surface area (Å²) in [5.41, 5.74) is 1.29. The second-order valence-electron chi connectivity index (χ2n) is 6.54. The van der Waals surface area contributed by atoms with Gasteiger partial charge in [0, 0.05) is 44.0 Å². The Morgan fingerprint density at radius 2 is 1.92 bits per heavy atom. The Balaban J connectivity index is 1.33. The van der Waals surface area contributed by atoms with Gasteiger partial charge in [0.05, 0.1) is 6.26 Å². The number of nitrogens with zero attached hydrogens (tertiary/aromatic N) is 2. The van der Waals surface area contributed by atoms with Crippen molar-refractivity contribution in [1.82, 2.24) is 9.80 Å². The summed E-state index contributed by atoms with van der Waals surface area (Å²) in [5.74, 6) is 1.11. The maximum Gasteiger partial charge on any atom is 0.223 e. The van der Waals surface area contributed by atoms with Crippen LogP contribution < -0.4 is 0 Å². The topological polar surface area (TPSA) is 36.7 Å². The van der Waals surface area contributed by atoms with Gasteiger partial charge in [-0.3, -0.25) is 9.69 Å². The Hall–Kier alpha value is -1.78. The number of aryl methyl sites for hydroxylation is 2. The molecule has 2 heterocycles. The van der Waals surface area contributed by atoms with Crippen molar-refractivity contribution < 1.29 is 9.21 Å². The van der Waals surface area contributed by atoms with Crippen LogP contribution in [0, 0.1) is 0 Å². The van der Waals surface area contributed by atoms with E-state index in [1.54, 1.807) is 6.26 Å². The lowest BCUT2D eigenvalue weighted by Gasteiger charge is -2.34. The SMILES string of the molecule is O=C(CCc1ccco1)N1CCN(CCCc2cccc(Cl)c2)CC1. The first-order valence-corrected chi connectivity index (χ1v) is 9.35. The molecule has 1 saturated heterocycles. The molecule has 1 aliphatic heterocycles. The lowest BCUT2D eigenvalue weighted by molar-refractivity contribution is -0.133. The molecule has 25 heavy (non-hydrogen) atoms. The predicted molar refractivity (Wildman–Crippen MR) is 99.8 cm³/mol. The Morgan fingerprint density at radius 1 is 1.08 bits per heavy atom. The van der Waals surface area contributed by atoms with Crippen LogP contribution in [0.5, 0.6) is 0 Å². The summed E-state index contributed by atoms with van der Waals surface area (Å²) in [6, 6.07) is 11.9. The Morgan fingerprint density at radius 3 is 2.64 bits per heavy atom. The number of amides is 1. The minimum Gasteiger partial charge on any atom is -0.469 e. The molecular weight excluding hydrogens is 336 g/mol. The second-order valence-corrected chi connectivity index (χ2v) is 6.97. The number of benzene rings is 1. The van der Waals surface area contributed by atoms with Gasteiger partial charge in [0.25, 0.3) is 0 Å². The third-order valence-electron chi connectivity index (χ3n) is 4.72. The van der Waals surface area contributed by atoms with Crippen LogP contribution >= 0.6 is 11.6 Å². The molecule has 1 aromatic carbocycles. The molecule has 1 fully saturated rings. The molecular formula is C20H25ClN2O2. The summed E-state index contributed by atoms with van der Waals surface area (Å²) in [7, 11) is 0. The van der Waals surface area contributed by atoms with E-state index in [2.05, 4.69) is 11.0 Å². The Bertz CT molecular complexity index is 664. The monoisotopic (exact) mass is 360 g/mol. The zero-order chi connectivity index (χ0) is 17.5. The van der Waals surface area contributed by atoms with E-state index < -0.39 is 0 Å². The average molecular weight is 361 g/mol. The van der Waals surface area contributed by atoms with Gasteiger partial charge in [0.15, 0.2) is 0 Å². The molecule has 134 valence electrons. The summed E-state index contributed by atoms with van der Waals surface area (Å²) in [5, 5.41) is 0.805. The van der Waals surface area contributed by atoms with E-state index in [0.717, 1.165) is 56.3 Å². The average Bonchev–Trinajstić information content (AvgIpc) is 3.14. The largest absolute Gasteiger partial charge is 0.469 e. The molecule has 1 aliphatic rings. The zero-order valence-electron chi connectivity index (χ0n) is 14.5. The molecule has 2 aromatic rings. The molecule has 5 heteroatoms. The van der Waals surface area contributed by atoms with Gasteiger partial charge in [0.1, 0.15) is 5.76 Å². The molecule has 4 nitrogen and oxygen atoms in total. The van der Waals surface area contributed by atoms with E-state index in [0.29, 0.717) is 12.8 Å². The van der Waals surface area contributed by atoms with Crippen LogP contribution in [-0.4, -0.2) is 48.4 Å². The van der Waals surface area contributed by atoms with Crippen molar-refractivity contribution >= 4 is 17.5 Å². The third-order valence-corrected chi connectivity index (χ3v) is 4.95. The van der Waals surface area contributed by atoms with Crippen molar-refractivity contribution in [2.45, 2.75) is 25.7 Å². The molecule has 0 N–H and O–H groups in total. The fourth-order valence-electron chi connectivity index (χ4n) is 3.26. The number of carbonyl (C=O) groups is 1. The van der Waals surface area contributed by atoms with Crippen LogP contribution in [0.3, 0.4) is 0 Å². The number of hydrogen-bond donors (Lipinski definition) is 0. The van der Waals surface area contributed by atoms with Crippen LogP contribution in [0.2, 0.25) is 5.02 Å². The molecule has 0 spiro atoms. The van der Waals surface area contributed by atoms with Gasteiger partial charge in [-0.2, -0.15) is 0 Å². The lowest BCUT2D eigenvalue weighted by Crippen LogP contribution is -2.48. The standard InChI is InChI=1S/C20H25ClN2O2/c21-18-6-1-4-17(16-18)5-2-10-22-11-13-23(14-12-22)20(24)9-8-19-7-3-15-25-19/h1,3-4,6-7,15-16H,2,5,8-14H2. The number of furan rings is 1. The smallest absolute Gasteiger partial charge is 0.223 e. The van der Waals surface area contributed by atoms with Gasteiger partial charge in [0.2, 0.25) is 5.91 Å². The summed E-state index contributed by atoms with van der Waals surface area (Å²) >= 11 is 6.02. The fourth-order valence-corrected chi connectivity index (χ4v) is 3.48. The maximum atomic E-state index is 12.3. The van der Waals surface area contributed by atoms with E-state index >= 15 is 0 Å². The summed E-state index contributed by atoms with van der Waals surface area (Å²) < 4.78 is 5.29. The van der Waals surface area contributed by atoms with Crippen molar-refractivity contribution in [1.29, 1.82) is 0 Å². The molecule has 0 bridgehead atoms. The lowest BCUT2D eigenvalue weighted by atomic mass is 10.1. The maximum absolute atomic E-state index is 12.3. The van der Waals surface area contributed by atoms with Crippen LogP contribution in [0.4, 0.5) is 0 Å². The molecule has 0 aliphatic carbocycles. The molecule has 0 saturated carbocycles. The Kier molecular flexibility index (Phi) is 6.54. The summed E-state index contributed by atoms with van der Waals surface area (Å²) in [6.07, 6.45) is 5.03. The number of halogens is 1. The van der Waals surface area contributed by atoms with Crippen LogP contribution in [0.1, 0.15) is 24.2 Å². The molecule has 0 radical (unpaired) electrons. The normalized spacial score (nSPS) is 15.5. The Labute approximate surface area is 154 Å². The summed E-state index contributed by atoms with van der Waals surface area (Å²) in [4.78, 5) is 16.7. The van der Waals surface area contributed by atoms with E-state index in [1.165, 1.54) is 5.56 Å². The zero-order valence-corrected chi connectivity index (χ0v) is 15.3. The van der Waals surface area contributed by atoms with E-state index in [9.17, 15) is 4.79 Å². The molecule has 0 atom stereocenters. The molecule has 1 amide bonds. The van der Waals surface area contributed by atoms with Crippen LogP contribution in [0.15, 0.2) is 47.1 Å². The van der Waals surface area contributed by atoms with E-state index in [1.807, 2.05) is 35.2 Å². The second kappa shape index (κ2) is 9.07. The van der Waals surface area contributed by atoms with Crippen molar-refractivity contribution in [2.24, 2.45) is 0 Å². The highest BCUT2D eigenvalue weighted by molar-refractivity contribution is 6.30. The minimum atomic E-state index is 0.231. The first-order valence-electron chi connectivity index (χ1n) is 8.98. The first-order chi connectivity index (χ1) is 12.2. The highest BCUT2D eigenvalue weighted by Gasteiger charge is 2.20. The van der Waals surface area contributed by atoms with Gasteiger partial charge >= 0.3 is 0 Å². The highest BCUT2D eigenvalue weighted by atomic mass is 35.5. The molecule has 0 unspecified atom stereocenters. The molecule has 3 rings (SSSR count). The number of piperazine rings is 1.